The molecule has 0 aromatic carbocycles. The molecule has 23 heavy (non-hydrogen) atoms. The van der Waals surface area contributed by atoms with Crippen molar-refractivity contribution >= 4 is 6.09 Å². The molecule has 0 aliphatic heterocycles. The van der Waals surface area contributed by atoms with Crippen molar-refractivity contribution in [2.24, 2.45) is 7.05 Å². The molecule has 5 nitrogen and oxygen atoms in total. The van der Waals surface area contributed by atoms with Crippen LogP contribution in [0.5, 0.6) is 0 Å². The molecule has 132 valence electrons. The summed E-state index contributed by atoms with van der Waals surface area (Å²) in [6, 6.07) is 2.32. The van der Waals surface area contributed by atoms with Gasteiger partial charge in [0, 0.05) is 44.1 Å². The number of aryl methyl sites for hydroxylation is 1. The van der Waals surface area contributed by atoms with Gasteiger partial charge < -0.3 is 19.5 Å². The molecule has 1 N–H and O–H groups in total. The lowest BCUT2D eigenvalue weighted by Gasteiger charge is -2.30. The minimum atomic E-state index is -0.462. The summed E-state index contributed by atoms with van der Waals surface area (Å²) in [6.07, 6.45) is -0.249. The number of carbonyl (C=O) groups is 1. The molecular formula is C18H33N3O2. The van der Waals surface area contributed by atoms with E-state index in [0.29, 0.717) is 6.54 Å². The Bertz CT molecular complexity index is 527. The van der Waals surface area contributed by atoms with Crippen LogP contribution < -0.4 is 5.32 Å². The molecule has 1 aromatic heterocycles. The van der Waals surface area contributed by atoms with Crippen LogP contribution in [0.2, 0.25) is 0 Å². The monoisotopic (exact) mass is 323 g/mol. The molecule has 0 aliphatic rings. The zero-order valence-electron chi connectivity index (χ0n) is 16.0. The summed E-state index contributed by atoms with van der Waals surface area (Å²) in [6.45, 7) is 16.1. The van der Waals surface area contributed by atoms with Crippen LogP contribution in [0, 0.1) is 13.8 Å². The first-order valence-corrected chi connectivity index (χ1v) is 8.35. The highest BCUT2D eigenvalue weighted by atomic mass is 16.6. The van der Waals surface area contributed by atoms with Gasteiger partial charge in [0.2, 0.25) is 0 Å². The topological polar surface area (TPSA) is 46.5 Å². The van der Waals surface area contributed by atoms with Crippen molar-refractivity contribution < 1.29 is 9.53 Å². The number of hydrogen-bond donors (Lipinski definition) is 1. The van der Waals surface area contributed by atoms with E-state index < -0.39 is 5.60 Å². The minimum absolute atomic E-state index is 0.118. The molecule has 0 unspecified atom stereocenters. The zero-order chi connectivity index (χ0) is 17.8. The molecule has 1 amide bonds. The van der Waals surface area contributed by atoms with Gasteiger partial charge in [0.1, 0.15) is 5.60 Å². The zero-order valence-corrected chi connectivity index (χ0v) is 16.0. The standard InChI is InChI=1S/C18H33N3O2/c1-13(2)21(17(22)23-18(5,6)7)10-9-19-12-16-11-14(3)20(8)15(16)4/h11,13,19H,9-10,12H2,1-8H3. The van der Waals surface area contributed by atoms with E-state index in [1.54, 1.807) is 4.90 Å². The highest BCUT2D eigenvalue weighted by Crippen LogP contribution is 2.13. The van der Waals surface area contributed by atoms with Crippen LogP contribution in [0.3, 0.4) is 0 Å². The van der Waals surface area contributed by atoms with Gasteiger partial charge in [-0.05, 0) is 60.1 Å². The van der Waals surface area contributed by atoms with Gasteiger partial charge in [-0.1, -0.05) is 0 Å². The van der Waals surface area contributed by atoms with Crippen molar-refractivity contribution in [2.45, 2.75) is 66.7 Å². The van der Waals surface area contributed by atoms with Crippen molar-refractivity contribution in [1.29, 1.82) is 0 Å². The van der Waals surface area contributed by atoms with Gasteiger partial charge in [-0.3, -0.25) is 0 Å². The Kier molecular flexibility index (Phi) is 6.69. The minimum Gasteiger partial charge on any atom is -0.444 e. The van der Waals surface area contributed by atoms with Gasteiger partial charge in [0.25, 0.3) is 0 Å². The lowest BCUT2D eigenvalue weighted by molar-refractivity contribution is 0.0193. The number of nitrogens with one attached hydrogen (secondary N) is 1. The molecule has 0 saturated heterocycles. The number of carbonyl (C=O) groups excluding carboxylic acids is 1. The Labute approximate surface area is 141 Å². The van der Waals surface area contributed by atoms with Crippen LogP contribution in [-0.4, -0.2) is 40.3 Å². The van der Waals surface area contributed by atoms with E-state index in [4.69, 9.17) is 4.74 Å². The predicted molar refractivity (Wildman–Crippen MR) is 94.7 cm³/mol. The molecular weight excluding hydrogens is 290 g/mol. The third-order valence-electron chi connectivity index (χ3n) is 3.98. The number of rotatable bonds is 6. The van der Waals surface area contributed by atoms with Crippen LogP contribution in [-0.2, 0) is 18.3 Å². The quantitative estimate of drug-likeness (QED) is 0.816. The second kappa shape index (κ2) is 7.86. The molecule has 0 fully saturated rings. The first-order chi connectivity index (χ1) is 10.5. The van der Waals surface area contributed by atoms with E-state index in [1.807, 2.05) is 34.6 Å². The fourth-order valence-electron chi connectivity index (χ4n) is 2.42. The summed E-state index contributed by atoms with van der Waals surface area (Å²) in [4.78, 5) is 14.0. The van der Waals surface area contributed by atoms with E-state index >= 15 is 0 Å². The molecule has 1 aromatic rings. The molecule has 1 heterocycles. The molecule has 0 aliphatic carbocycles. The summed E-state index contributed by atoms with van der Waals surface area (Å²) >= 11 is 0. The molecule has 5 heteroatoms. The van der Waals surface area contributed by atoms with Gasteiger partial charge in [-0.25, -0.2) is 4.79 Å². The summed E-state index contributed by atoms with van der Waals surface area (Å²) in [5, 5.41) is 3.42. The van der Waals surface area contributed by atoms with Crippen LogP contribution in [0.15, 0.2) is 6.07 Å². The lowest BCUT2D eigenvalue weighted by Crippen LogP contribution is -2.44. The first-order valence-electron chi connectivity index (χ1n) is 8.35. The fraction of sp³-hybridized carbons (Fsp3) is 0.722. The molecule has 1 rings (SSSR count). The summed E-state index contributed by atoms with van der Waals surface area (Å²) in [7, 11) is 2.08. The van der Waals surface area contributed by atoms with E-state index in [0.717, 1.165) is 13.1 Å². The molecule has 0 atom stereocenters. The number of hydrogen-bond acceptors (Lipinski definition) is 3. The Balaban J connectivity index is 2.50. The number of amides is 1. The van der Waals surface area contributed by atoms with Crippen molar-refractivity contribution in [3.8, 4) is 0 Å². The average molecular weight is 323 g/mol. The molecule has 0 spiro atoms. The summed E-state index contributed by atoms with van der Waals surface area (Å²) in [5.41, 5.74) is 3.38. The lowest BCUT2D eigenvalue weighted by atomic mass is 10.2. The van der Waals surface area contributed by atoms with Gasteiger partial charge >= 0.3 is 6.09 Å². The molecule has 0 bridgehead atoms. The van der Waals surface area contributed by atoms with Crippen LogP contribution in [0.1, 0.15) is 51.6 Å². The fourth-order valence-corrected chi connectivity index (χ4v) is 2.42. The van der Waals surface area contributed by atoms with Crippen molar-refractivity contribution in [3.05, 3.63) is 23.0 Å². The Hall–Kier alpha value is -1.49. The smallest absolute Gasteiger partial charge is 0.410 e. The maximum Gasteiger partial charge on any atom is 0.410 e. The maximum atomic E-state index is 12.2. The third kappa shape index (κ3) is 5.90. The van der Waals surface area contributed by atoms with E-state index in [9.17, 15) is 4.79 Å². The highest BCUT2D eigenvalue weighted by molar-refractivity contribution is 5.68. The van der Waals surface area contributed by atoms with Crippen molar-refractivity contribution in [3.63, 3.8) is 0 Å². The average Bonchev–Trinajstić information content (AvgIpc) is 2.63. The van der Waals surface area contributed by atoms with Gasteiger partial charge in [0.15, 0.2) is 0 Å². The van der Waals surface area contributed by atoms with E-state index in [-0.39, 0.29) is 12.1 Å². The number of aromatic nitrogens is 1. The first kappa shape index (κ1) is 19.6. The van der Waals surface area contributed by atoms with Crippen LogP contribution in [0.25, 0.3) is 0 Å². The van der Waals surface area contributed by atoms with Gasteiger partial charge in [0.05, 0.1) is 0 Å². The summed E-state index contributed by atoms with van der Waals surface area (Å²) in [5.74, 6) is 0. The number of nitrogens with zero attached hydrogens (tertiary/aromatic N) is 2. The summed E-state index contributed by atoms with van der Waals surface area (Å²) < 4.78 is 7.66. The highest BCUT2D eigenvalue weighted by Gasteiger charge is 2.23. The van der Waals surface area contributed by atoms with Crippen LogP contribution in [0.4, 0.5) is 4.79 Å². The SMILES string of the molecule is Cc1cc(CNCCN(C(=O)OC(C)(C)C)C(C)C)c(C)n1C. The Morgan fingerprint density at radius 2 is 1.96 bits per heavy atom. The number of ether oxygens (including phenoxy) is 1. The van der Waals surface area contributed by atoms with Gasteiger partial charge in [-0.15, -0.1) is 0 Å². The van der Waals surface area contributed by atoms with Crippen molar-refractivity contribution in [1.82, 2.24) is 14.8 Å². The van der Waals surface area contributed by atoms with E-state index in [2.05, 4.69) is 36.8 Å². The second-order valence-corrected chi connectivity index (χ2v) is 7.40. The Morgan fingerprint density at radius 3 is 2.39 bits per heavy atom. The normalized spacial score (nSPS) is 11.9. The van der Waals surface area contributed by atoms with Crippen LogP contribution >= 0.6 is 0 Å². The second-order valence-electron chi connectivity index (χ2n) is 7.40. The third-order valence-corrected chi connectivity index (χ3v) is 3.98. The Morgan fingerprint density at radius 1 is 1.35 bits per heavy atom. The molecule has 0 saturated carbocycles. The molecule has 0 radical (unpaired) electrons. The largest absolute Gasteiger partial charge is 0.444 e. The van der Waals surface area contributed by atoms with Crippen molar-refractivity contribution in [2.75, 3.05) is 13.1 Å². The van der Waals surface area contributed by atoms with E-state index in [1.165, 1.54) is 17.0 Å². The predicted octanol–water partition coefficient (Wildman–Crippen LogP) is 3.38. The maximum absolute atomic E-state index is 12.2. The van der Waals surface area contributed by atoms with Gasteiger partial charge in [-0.2, -0.15) is 0 Å².